The van der Waals surface area contributed by atoms with Crippen LogP contribution in [-0.2, 0) is 0 Å². The average Bonchev–Trinajstić information content (AvgIpc) is 2.17. The van der Waals surface area contributed by atoms with E-state index < -0.39 is 5.97 Å². The number of nitrogens with one attached hydrogen (secondary N) is 1. The Hall–Kier alpha value is -1.10. The molecule has 1 heterocycles. The fourth-order valence-electron chi connectivity index (χ4n) is 1.31. The van der Waals surface area contributed by atoms with Crippen LogP contribution in [0.5, 0.6) is 0 Å². The summed E-state index contributed by atoms with van der Waals surface area (Å²) in [5.74, 6) is -1.38. The summed E-state index contributed by atoms with van der Waals surface area (Å²) < 4.78 is 0. The van der Waals surface area contributed by atoms with Crippen molar-refractivity contribution in [1.82, 2.24) is 4.98 Å². The number of carbonyl (C=O) groups is 1. The number of pyridine rings is 1. The summed E-state index contributed by atoms with van der Waals surface area (Å²) in [7, 11) is 0. The molecule has 0 radical (unpaired) electrons. The maximum atomic E-state index is 11.4. The number of para-hydroxylation sites is 1. The van der Waals surface area contributed by atoms with Crippen LogP contribution in [0.25, 0.3) is 10.9 Å². The summed E-state index contributed by atoms with van der Waals surface area (Å²) in [6.45, 7) is 0. The molecule has 2 rings (SSSR count). The van der Waals surface area contributed by atoms with Crippen LogP contribution in [0.4, 0.5) is 0 Å². The molecular formula is C10H6NNaO3. The fourth-order valence-corrected chi connectivity index (χ4v) is 1.31. The van der Waals surface area contributed by atoms with E-state index in [1.165, 1.54) is 0 Å². The van der Waals surface area contributed by atoms with E-state index in [1.807, 2.05) is 0 Å². The maximum absolute atomic E-state index is 11.4. The maximum Gasteiger partial charge on any atom is 1.00 e. The van der Waals surface area contributed by atoms with Crippen molar-refractivity contribution in [3.05, 3.63) is 46.2 Å². The number of aromatic amines is 1. The molecule has 0 unspecified atom stereocenters. The second kappa shape index (κ2) is 4.61. The molecule has 0 saturated heterocycles. The Kier molecular flexibility index (Phi) is 3.68. The van der Waals surface area contributed by atoms with Crippen molar-refractivity contribution in [1.29, 1.82) is 0 Å². The van der Waals surface area contributed by atoms with Gasteiger partial charge in [0.1, 0.15) is 0 Å². The molecule has 0 aliphatic carbocycles. The van der Waals surface area contributed by atoms with E-state index in [-0.39, 0.29) is 40.7 Å². The number of rotatable bonds is 1. The Bertz CT molecular complexity index is 562. The molecule has 0 aliphatic heterocycles. The predicted molar refractivity (Wildman–Crippen MR) is 48.9 cm³/mol. The molecule has 70 valence electrons. The SMILES string of the molecule is O=C([O-])c1cc(=O)c2ccccc2[nH]1.[Na+]. The zero-order valence-electron chi connectivity index (χ0n) is 8.11. The molecule has 0 atom stereocenters. The first-order chi connectivity index (χ1) is 6.68. The van der Waals surface area contributed by atoms with Gasteiger partial charge in [-0.25, -0.2) is 0 Å². The zero-order valence-corrected chi connectivity index (χ0v) is 10.1. The Morgan fingerprint density at radius 2 is 1.93 bits per heavy atom. The number of hydrogen-bond acceptors (Lipinski definition) is 3. The molecule has 0 aliphatic rings. The quantitative estimate of drug-likeness (QED) is 0.508. The number of aromatic nitrogens is 1. The number of benzene rings is 1. The van der Waals surface area contributed by atoms with E-state index >= 15 is 0 Å². The van der Waals surface area contributed by atoms with Gasteiger partial charge in [-0.15, -0.1) is 0 Å². The number of carbonyl (C=O) groups excluding carboxylic acids is 1. The van der Waals surface area contributed by atoms with Crippen LogP contribution in [0.3, 0.4) is 0 Å². The van der Waals surface area contributed by atoms with Crippen molar-refractivity contribution < 1.29 is 39.5 Å². The van der Waals surface area contributed by atoms with E-state index in [2.05, 4.69) is 4.98 Å². The largest absolute Gasteiger partial charge is 1.00 e. The third-order valence-electron chi connectivity index (χ3n) is 1.96. The van der Waals surface area contributed by atoms with E-state index in [1.54, 1.807) is 24.3 Å². The molecule has 15 heavy (non-hydrogen) atoms. The van der Waals surface area contributed by atoms with E-state index in [9.17, 15) is 14.7 Å². The molecule has 0 spiro atoms. The van der Waals surface area contributed by atoms with Gasteiger partial charge in [-0.1, -0.05) is 12.1 Å². The molecule has 1 N–H and O–H groups in total. The van der Waals surface area contributed by atoms with E-state index in [0.29, 0.717) is 10.9 Å². The van der Waals surface area contributed by atoms with E-state index in [4.69, 9.17) is 0 Å². The Morgan fingerprint density at radius 3 is 2.60 bits per heavy atom. The van der Waals surface area contributed by atoms with E-state index in [0.717, 1.165) is 6.07 Å². The van der Waals surface area contributed by atoms with Gasteiger partial charge in [0, 0.05) is 17.0 Å². The molecule has 5 heteroatoms. The van der Waals surface area contributed by atoms with Crippen LogP contribution >= 0.6 is 0 Å². The van der Waals surface area contributed by atoms with Gasteiger partial charge in [0.05, 0.1) is 11.7 Å². The van der Waals surface area contributed by atoms with Gasteiger partial charge < -0.3 is 14.9 Å². The summed E-state index contributed by atoms with van der Waals surface area (Å²) in [5, 5.41) is 11.0. The van der Waals surface area contributed by atoms with Gasteiger partial charge in [-0.05, 0) is 12.1 Å². The summed E-state index contributed by atoms with van der Waals surface area (Å²) >= 11 is 0. The minimum atomic E-state index is -1.38. The second-order valence-corrected chi connectivity index (χ2v) is 2.88. The number of aromatic carboxylic acids is 1. The first-order valence-electron chi connectivity index (χ1n) is 4.02. The molecule has 1 aromatic heterocycles. The molecule has 2 aromatic rings. The minimum Gasteiger partial charge on any atom is -0.543 e. The van der Waals surface area contributed by atoms with Gasteiger partial charge in [0.2, 0.25) is 0 Å². The van der Waals surface area contributed by atoms with Gasteiger partial charge in [-0.2, -0.15) is 0 Å². The van der Waals surface area contributed by atoms with Crippen molar-refractivity contribution in [3.63, 3.8) is 0 Å². The van der Waals surface area contributed by atoms with Crippen LogP contribution in [0, 0.1) is 0 Å². The molecule has 0 fully saturated rings. The molecule has 0 saturated carbocycles. The van der Waals surface area contributed by atoms with Gasteiger partial charge >= 0.3 is 29.6 Å². The van der Waals surface area contributed by atoms with Gasteiger partial charge in [0.25, 0.3) is 0 Å². The first-order valence-corrected chi connectivity index (χ1v) is 4.02. The van der Waals surface area contributed by atoms with Crippen LogP contribution in [0.1, 0.15) is 10.5 Å². The van der Waals surface area contributed by atoms with Crippen LogP contribution in [0.15, 0.2) is 35.1 Å². The number of carboxylic acids is 1. The monoisotopic (exact) mass is 211 g/mol. The van der Waals surface area contributed by atoms with Gasteiger partial charge in [-0.3, -0.25) is 4.79 Å². The summed E-state index contributed by atoms with van der Waals surface area (Å²) in [6.07, 6.45) is 0. The molecular weight excluding hydrogens is 205 g/mol. The normalized spacial score (nSPS) is 9.60. The van der Waals surface area contributed by atoms with Crippen molar-refractivity contribution in [2.24, 2.45) is 0 Å². The standard InChI is InChI=1S/C10H7NO3.Na/c12-9-5-8(10(13)14)11-7-4-2-1-3-6(7)9;/h1-5H,(H,11,12)(H,13,14);/q;+1/p-1. The number of carboxylic acid groups (broad SMARTS) is 1. The van der Waals surface area contributed by atoms with Crippen molar-refractivity contribution >= 4 is 16.9 Å². The molecule has 0 amide bonds. The van der Waals surface area contributed by atoms with Crippen molar-refractivity contribution in [2.75, 3.05) is 0 Å². The van der Waals surface area contributed by atoms with Crippen LogP contribution < -0.4 is 40.1 Å². The van der Waals surface area contributed by atoms with Gasteiger partial charge in [0.15, 0.2) is 5.43 Å². The fraction of sp³-hybridized carbons (Fsp3) is 0. The minimum absolute atomic E-state index is 0. The third-order valence-corrected chi connectivity index (χ3v) is 1.96. The van der Waals surface area contributed by atoms with Crippen molar-refractivity contribution in [3.8, 4) is 0 Å². The summed E-state index contributed by atoms with van der Waals surface area (Å²) in [4.78, 5) is 24.5. The first kappa shape index (κ1) is 12.0. The Labute approximate surface area is 107 Å². The Morgan fingerprint density at radius 1 is 1.27 bits per heavy atom. The van der Waals surface area contributed by atoms with Crippen LogP contribution in [0.2, 0.25) is 0 Å². The number of H-pyrrole nitrogens is 1. The Balaban J connectivity index is 0.00000112. The van der Waals surface area contributed by atoms with Crippen molar-refractivity contribution in [2.45, 2.75) is 0 Å². The zero-order chi connectivity index (χ0) is 10.1. The molecule has 0 bridgehead atoms. The van der Waals surface area contributed by atoms with Crippen LogP contribution in [-0.4, -0.2) is 11.0 Å². The summed E-state index contributed by atoms with van der Waals surface area (Å²) in [6, 6.07) is 7.74. The summed E-state index contributed by atoms with van der Waals surface area (Å²) in [5.41, 5.74) is -0.0218. The molecule has 4 nitrogen and oxygen atoms in total. The smallest absolute Gasteiger partial charge is 0.543 e. The number of fused-ring (bicyclic) bond motifs is 1. The number of hydrogen-bond donors (Lipinski definition) is 1. The average molecular weight is 211 g/mol. The second-order valence-electron chi connectivity index (χ2n) is 2.88. The molecule has 1 aromatic carbocycles. The third kappa shape index (κ3) is 2.28. The topological polar surface area (TPSA) is 73.0 Å². The predicted octanol–water partition coefficient (Wildman–Crippen LogP) is -3.10.